The fourth-order valence-electron chi connectivity index (χ4n) is 4.85. The Hall–Kier alpha value is -3.81. The average Bonchev–Trinajstić information content (AvgIpc) is 2.98. The van der Waals surface area contributed by atoms with Crippen LogP contribution in [0.15, 0.2) is 53.7 Å². The molecule has 2 aliphatic heterocycles. The number of nitrogens with one attached hydrogen (secondary N) is 1. The molecule has 220 valence electrons. The molecule has 0 spiro atoms. The van der Waals surface area contributed by atoms with Gasteiger partial charge < -0.3 is 19.5 Å². The van der Waals surface area contributed by atoms with Crippen LogP contribution in [0.2, 0.25) is 0 Å². The molecular weight excluding hydrogens is 553 g/mol. The van der Waals surface area contributed by atoms with Gasteiger partial charge in [-0.05, 0) is 61.8 Å². The van der Waals surface area contributed by atoms with Crippen molar-refractivity contribution in [2.45, 2.75) is 30.7 Å². The second kappa shape index (κ2) is 14.2. The van der Waals surface area contributed by atoms with Gasteiger partial charge in [0, 0.05) is 31.4 Å². The first kappa shape index (κ1) is 30.2. The third-order valence-electron chi connectivity index (χ3n) is 6.84. The molecule has 2 aromatic heterocycles. The minimum atomic E-state index is -4.07. The molecule has 13 heteroatoms. The van der Waals surface area contributed by atoms with Crippen molar-refractivity contribution in [3.8, 4) is 17.1 Å². The number of anilines is 2. The largest absolute Gasteiger partial charge is 0.483 e. The van der Waals surface area contributed by atoms with Gasteiger partial charge in [-0.15, -0.1) is 0 Å². The summed E-state index contributed by atoms with van der Waals surface area (Å²) in [6.45, 7) is 4.91. The molecular formula is C28H34FN5O6S. The van der Waals surface area contributed by atoms with Crippen LogP contribution in [-0.4, -0.2) is 81.4 Å². The number of ether oxygens (including phenoxy) is 2. The van der Waals surface area contributed by atoms with Gasteiger partial charge in [-0.25, -0.2) is 17.8 Å². The van der Waals surface area contributed by atoms with E-state index in [1.807, 2.05) is 11.0 Å². The zero-order valence-electron chi connectivity index (χ0n) is 22.8. The van der Waals surface area contributed by atoms with Gasteiger partial charge in [0.1, 0.15) is 5.82 Å². The summed E-state index contributed by atoms with van der Waals surface area (Å²) < 4.78 is 55.1. The number of aromatic nitrogens is 2. The van der Waals surface area contributed by atoms with E-state index in [1.165, 1.54) is 50.8 Å². The van der Waals surface area contributed by atoms with Crippen molar-refractivity contribution in [1.29, 1.82) is 0 Å². The number of hydrogen-bond donors (Lipinski definition) is 2. The first-order valence-electron chi connectivity index (χ1n) is 13.3. The van der Waals surface area contributed by atoms with Crippen LogP contribution in [0.25, 0.3) is 11.3 Å². The first-order valence-corrected chi connectivity index (χ1v) is 14.8. The van der Waals surface area contributed by atoms with Gasteiger partial charge in [0.25, 0.3) is 16.5 Å². The Labute approximate surface area is 239 Å². The van der Waals surface area contributed by atoms with E-state index >= 15 is 4.39 Å². The highest BCUT2D eigenvalue weighted by atomic mass is 32.2. The Morgan fingerprint density at radius 1 is 1.07 bits per heavy atom. The fraction of sp³-hybridized carbons (Fsp3) is 0.393. The van der Waals surface area contributed by atoms with E-state index in [2.05, 4.69) is 19.6 Å². The number of morpholine rings is 1. The zero-order valence-corrected chi connectivity index (χ0v) is 23.6. The third-order valence-corrected chi connectivity index (χ3v) is 8.22. The second-order valence-corrected chi connectivity index (χ2v) is 11.2. The minimum Gasteiger partial charge on any atom is -0.483 e. The summed E-state index contributed by atoms with van der Waals surface area (Å²) in [6.07, 6.45) is 6.64. The number of sulfonamides is 1. The number of piperidine rings is 1. The second-order valence-electron chi connectivity index (χ2n) is 9.59. The Morgan fingerprint density at radius 2 is 1.80 bits per heavy atom. The molecule has 4 heterocycles. The molecule has 2 saturated heterocycles. The molecule has 11 nitrogen and oxygen atoms in total. The van der Waals surface area contributed by atoms with Crippen molar-refractivity contribution >= 4 is 27.9 Å². The van der Waals surface area contributed by atoms with E-state index in [0.717, 1.165) is 18.7 Å². The average molecular weight is 588 g/mol. The number of nitrogens with zero attached hydrogens (tertiary/aromatic N) is 4. The van der Waals surface area contributed by atoms with Crippen LogP contribution in [0.4, 0.5) is 15.8 Å². The van der Waals surface area contributed by atoms with Gasteiger partial charge in [-0.1, -0.05) is 12.5 Å². The Morgan fingerprint density at radius 3 is 2.49 bits per heavy atom. The maximum atomic E-state index is 15.1. The number of pyridine rings is 2. The highest BCUT2D eigenvalue weighted by Crippen LogP contribution is 2.30. The molecule has 5 rings (SSSR count). The van der Waals surface area contributed by atoms with E-state index in [4.69, 9.17) is 19.4 Å². The van der Waals surface area contributed by atoms with Crippen molar-refractivity contribution in [3.63, 3.8) is 0 Å². The highest BCUT2D eigenvalue weighted by Gasteiger charge is 2.24. The van der Waals surface area contributed by atoms with E-state index in [1.54, 1.807) is 18.3 Å². The van der Waals surface area contributed by atoms with E-state index in [9.17, 15) is 8.42 Å². The van der Waals surface area contributed by atoms with Gasteiger partial charge in [-0.2, -0.15) is 0 Å². The van der Waals surface area contributed by atoms with Crippen LogP contribution in [0.5, 0.6) is 5.88 Å². The van der Waals surface area contributed by atoms with Crippen LogP contribution < -0.4 is 14.4 Å². The topological polar surface area (TPSA) is 134 Å². The fourth-order valence-corrected chi connectivity index (χ4v) is 6.04. The van der Waals surface area contributed by atoms with Crippen LogP contribution in [0.3, 0.4) is 0 Å². The highest BCUT2D eigenvalue weighted by molar-refractivity contribution is 7.92. The molecule has 0 unspecified atom stereocenters. The van der Waals surface area contributed by atoms with Gasteiger partial charge >= 0.3 is 0 Å². The number of rotatable bonds is 8. The van der Waals surface area contributed by atoms with Gasteiger partial charge in [0.2, 0.25) is 5.88 Å². The maximum Gasteiger partial charge on any atom is 0.290 e. The summed E-state index contributed by atoms with van der Waals surface area (Å²) in [5, 5.41) is 6.89. The smallest absolute Gasteiger partial charge is 0.290 e. The lowest BCUT2D eigenvalue weighted by Gasteiger charge is -2.29. The third kappa shape index (κ3) is 7.90. The summed E-state index contributed by atoms with van der Waals surface area (Å²) in [5.74, 6) is -0.407. The Balaban J connectivity index is 0.00000124. The van der Waals surface area contributed by atoms with Gasteiger partial charge in [0.15, 0.2) is 4.90 Å². The lowest BCUT2D eigenvalue weighted by Crippen LogP contribution is -2.36. The molecule has 0 aliphatic carbocycles. The van der Waals surface area contributed by atoms with Crippen molar-refractivity contribution in [1.82, 2.24) is 14.9 Å². The number of halogens is 1. The van der Waals surface area contributed by atoms with Crippen LogP contribution >= 0.6 is 0 Å². The lowest BCUT2D eigenvalue weighted by atomic mass is 10.1. The number of carbonyl (C=O) groups is 1. The standard InChI is InChI=1S/C27H32FN5O4S.CH2O2/c1-36-27-26(17-22(18-30-27)33-11-13-37-14-12-33)38(34,35)31-21-7-8-29-25(16-21)23-6-5-20(15-24(23)28)19-32-9-3-2-4-10-32;2-1-3/h5-8,15-18H,2-4,9-14,19H2,1H3,(H,29,31);1H,(H,2,3). The molecule has 0 atom stereocenters. The Kier molecular flexibility index (Phi) is 10.4. The molecule has 0 radical (unpaired) electrons. The molecule has 0 saturated carbocycles. The van der Waals surface area contributed by atoms with E-state index in [0.29, 0.717) is 49.8 Å². The summed E-state index contributed by atoms with van der Waals surface area (Å²) in [4.78, 5) is 21.1. The predicted molar refractivity (Wildman–Crippen MR) is 152 cm³/mol. The zero-order chi connectivity index (χ0) is 29.2. The predicted octanol–water partition coefficient (Wildman–Crippen LogP) is 3.62. The van der Waals surface area contributed by atoms with Crippen molar-refractivity contribution in [2.24, 2.45) is 0 Å². The number of carboxylic acid groups (broad SMARTS) is 1. The number of benzene rings is 1. The molecule has 1 aromatic carbocycles. The van der Waals surface area contributed by atoms with E-state index < -0.39 is 15.8 Å². The lowest BCUT2D eigenvalue weighted by molar-refractivity contribution is -0.122. The molecule has 2 aliphatic rings. The summed E-state index contributed by atoms with van der Waals surface area (Å²) in [5.41, 5.74) is 2.47. The monoisotopic (exact) mass is 587 g/mol. The van der Waals surface area contributed by atoms with Crippen LogP contribution in [-0.2, 0) is 26.1 Å². The quantitative estimate of drug-likeness (QED) is 0.377. The summed E-state index contributed by atoms with van der Waals surface area (Å²) in [7, 11) is -2.70. The molecule has 2 N–H and O–H groups in total. The maximum absolute atomic E-state index is 15.1. The SMILES string of the molecule is COc1ncc(N2CCOCC2)cc1S(=O)(=O)Nc1ccnc(-c2ccc(CN3CCCCC3)cc2F)c1.O=CO. The number of methoxy groups -OCH3 is 1. The molecule has 0 bridgehead atoms. The van der Waals surface area contributed by atoms with Gasteiger partial charge in [0.05, 0.1) is 43.6 Å². The van der Waals surface area contributed by atoms with Crippen LogP contribution in [0.1, 0.15) is 24.8 Å². The van der Waals surface area contributed by atoms with Crippen molar-refractivity contribution < 1.29 is 32.2 Å². The number of likely N-dealkylation sites (tertiary alicyclic amines) is 1. The van der Waals surface area contributed by atoms with E-state index in [-0.39, 0.29) is 22.9 Å². The Bertz CT molecular complexity index is 1430. The molecule has 3 aromatic rings. The van der Waals surface area contributed by atoms with Crippen LogP contribution in [0, 0.1) is 5.82 Å². The number of hydrogen-bond acceptors (Lipinski definition) is 9. The van der Waals surface area contributed by atoms with Crippen molar-refractivity contribution in [3.05, 3.63) is 60.2 Å². The summed E-state index contributed by atoms with van der Waals surface area (Å²) >= 11 is 0. The minimum absolute atomic E-state index is 0.0147. The first-order chi connectivity index (χ1) is 19.8. The normalized spacial score (nSPS) is 15.9. The van der Waals surface area contributed by atoms with Gasteiger partial charge in [-0.3, -0.25) is 19.4 Å². The molecule has 2 fully saturated rings. The van der Waals surface area contributed by atoms with Crippen molar-refractivity contribution in [2.75, 3.05) is 56.1 Å². The summed E-state index contributed by atoms with van der Waals surface area (Å²) in [6, 6.07) is 9.73. The molecule has 41 heavy (non-hydrogen) atoms. The molecule has 0 amide bonds.